The predicted octanol–water partition coefficient (Wildman–Crippen LogP) is 4.90. The molecule has 3 aromatic rings. The van der Waals surface area contributed by atoms with Crippen LogP contribution >= 0.6 is 0 Å². The van der Waals surface area contributed by atoms with Crippen molar-refractivity contribution in [3.05, 3.63) is 89.5 Å². The number of hydrogen-bond donors (Lipinski definition) is 3. The van der Waals surface area contributed by atoms with Gasteiger partial charge in [0.1, 0.15) is 12.5 Å². The van der Waals surface area contributed by atoms with E-state index in [1.54, 1.807) is 18.2 Å². The molecule has 0 bridgehead atoms. The second-order valence-electron chi connectivity index (χ2n) is 9.37. The van der Waals surface area contributed by atoms with Crippen molar-refractivity contribution in [1.82, 2.24) is 14.8 Å². The van der Waals surface area contributed by atoms with Gasteiger partial charge in [-0.25, -0.2) is 13.6 Å². The van der Waals surface area contributed by atoms with Gasteiger partial charge in [0, 0.05) is 57.3 Å². The Hall–Kier alpha value is -3.61. The van der Waals surface area contributed by atoms with Crippen molar-refractivity contribution < 1.29 is 31.9 Å². The minimum atomic E-state index is -5.12. The summed E-state index contributed by atoms with van der Waals surface area (Å²) in [6.45, 7) is 1.83. The fraction of sp³-hybridized carbons (Fsp3) is 0.333. The minimum absolute atomic E-state index is 0.0568. The highest BCUT2D eigenvalue weighted by Crippen LogP contribution is 2.39. The van der Waals surface area contributed by atoms with Crippen LogP contribution < -0.4 is 10.6 Å². The van der Waals surface area contributed by atoms with E-state index in [2.05, 4.69) is 25.4 Å². The van der Waals surface area contributed by atoms with Gasteiger partial charge in [-0.3, -0.25) is 14.8 Å². The number of piperazine rings is 1. The molecule has 0 saturated carbocycles. The van der Waals surface area contributed by atoms with E-state index in [-0.39, 0.29) is 5.69 Å². The first-order chi connectivity index (χ1) is 18.6. The molecule has 2 amide bonds. The third-order valence-corrected chi connectivity index (χ3v) is 6.59. The van der Waals surface area contributed by atoms with Crippen LogP contribution in [0.1, 0.15) is 16.7 Å². The topological polar surface area (TPSA) is 80.7 Å². The quantitative estimate of drug-likeness (QED) is 0.349. The Morgan fingerprint density at radius 1 is 0.872 bits per heavy atom. The van der Waals surface area contributed by atoms with Gasteiger partial charge in [-0.15, -0.1) is 0 Å². The Kier molecular flexibility index (Phi) is 8.78. The van der Waals surface area contributed by atoms with Crippen LogP contribution in [0.2, 0.25) is 0 Å². The third kappa shape index (κ3) is 7.08. The number of nitrogens with one attached hydrogen (secondary N) is 2. The zero-order valence-electron chi connectivity index (χ0n) is 20.9. The molecule has 0 spiro atoms. The van der Waals surface area contributed by atoms with E-state index < -0.39 is 35.9 Å². The number of carbonyl (C=O) groups is 1. The van der Waals surface area contributed by atoms with Crippen molar-refractivity contribution >= 4 is 17.4 Å². The lowest BCUT2D eigenvalue weighted by molar-refractivity contribution is -0.271. The first kappa shape index (κ1) is 28.4. The van der Waals surface area contributed by atoms with Crippen LogP contribution in [0.25, 0.3) is 0 Å². The first-order valence-electron chi connectivity index (χ1n) is 12.2. The highest BCUT2D eigenvalue weighted by Gasteiger charge is 2.55. The van der Waals surface area contributed by atoms with Crippen LogP contribution in [0.3, 0.4) is 0 Å². The van der Waals surface area contributed by atoms with Gasteiger partial charge in [-0.2, -0.15) is 13.2 Å². The van der Waals surface area contributed by atoms with Gasteiger partial charge in [0.05, 0.1) is 5.69 Å². The molecule has 1 saturated heterocycles. The monoisotopic (exact) mass is 549 g/mol. The number of carbonyl (C=O) groups excluding carboxylic acids is 1. The molecule has 1 aliphatic rings. The summed E-state index contributed by atoms with van der Waals surface area (Å²) in [6, 6.07) is 12.4. The average Bonchev–Trinajstić information content (AvgIpc) is 2.91. The summed E-state index contributed by atoms with van der Waals surface area (Å²) < 4.78 is 66.9. The fourth-order valence-electron chi connectivity index (χ4n) is 4.30. The van der Waals surface area contributed by atoms with Crippen LogP contribution in [-0.2, 0) is 18.7 Å². The summed E-state index contributed by atoms with van der Waals surface area (Å²) in [7, 11) is 0. The zero-order valence-corrected chi connectivity index (χ0v) is 20.9. The molecule has 2 heterocycles. The maximum atomic E-state index is 14.6. The number of pyridine rings is 1. The molecule has 2 aromatic carbocycles. The Balaban J connectivity index is 1.25. The van der Waals surface area contributed by atoms with Crippen molar-refractivity contribution in [3.8, 4) is 0 Å². The summed E-state index contributed by atoms with van der Waals surface area (Å²) in [5.74, 6) is -0.551. The first-order valence-corrected chi connectivity index (χ1v) is 12.2. The van der Waals surface area contributed by atoms with Crippen molar-refractivity contribution in [2.75, 3.05) is 43.5 Å². The van der Waals surface area contributed by atoms with Gasteiger partial charge in [0.25, 0.3) is 0 Å². The standard InChI is InChI=1S/C27H28F5N5O2/c28-18-26(39,27(30,31)32)21-4-1-19(2-5-21)16-36-11-13-37(14-12-36)17-20-3-6-24(23(29)15-20)35-25(38)34-22-7-9-33-10-8-22/h1-10,15,39H,11-14,16-18H2,(H2,33,34,35,38). The number of benzene rings is 2. The molecule has 208 valence electrons. The zero-order chi connectivity index (χ0) is 28.0. The van der Waals surface area contributed by atoms with E-state index in [1.165, 1.54) is 36.7 Å². The highest BCUT2D eigenvalue weighted by molar-refractivity contribution is 5.99. The molecule has 3 N–H and O–H groups in total. The van der Waals surface area contributed by atoms with Crippen molar-refractivity contribution in [2.45, 2.75) is 24.9 Å². The second-order valence-corrected chi connectivity index (χ2v) is 9.37. The normalized spacial score (nSPS) is 16.5. The molecule has 0 aliphatic carbocycles. The van der Waals surface area contributed by atoms with E-state index >= 15 is 0 Å². The smallest absolute Gasteiger partial charge is 0.374 e. The van der Waals surface area contributed by atoms with Gasteiger partial charge in [-0.1, -0.05) is 30.3 Å². The summed E-state index contributed by atoms with van der Waals surface area (Å²) >= 11 is 0. The summed E-state index contributed by atoms with van der Waals surface area (Å²) in [5.41, 5.74) is -1.97. The Bertz CT molecular complexity index is 1250. The largest absolute Gasteiger partial charge is 0.424 e. The summed E-state index contributed by atoms with van der Waals surface area (Å²) in [6.07, 6.45) is -2.06. The van der Waals surface area contributed by atoms with Crippen LogP contribution in [0.5, 0.6) is 0 Å². The number of hydrogen-bond acceptors (Lipinski definition) is 5. The lowest BCUT2D eigenvalue weighted by Crippen LogP contribution is -2.45. The SMILES string of the molecule is O=C(Nc1ccncc1)Nc1ccc(CN2CCN(Cc3ccc(C(O)(CF)C(F)(F)F)cc3)CC2)cc1F. The van der Waals surface area contributed by atoms with Crippen LogP contribution in [0.4, 0.5) is 38.1 Å². The second kappa shape index (κ2) is 12.1. The Labute approximate surface area is 222 Å². The molecular formula is C27H28F5N5O2. The maximum absolute atomic E-state index is 14.6. The number of aromatic nitrogens is 1. The molecule has 7 nitrogen and oxygen atoms in total. The van der Waals surface area contributed by atoms with E-state index in [0.717, 1.165) is 23.3 Å². The van der Waals surface area contributed by atoms with Crippen LogP contribution in [0, 0.1) is 5.82 Å². The lowest BCUT2D eigenvalue weighted by Gasteiger charge is -2.35. The third-order valence-electron chi connectivity index (χ3n) is 6.59. The van der Waals surface area contributed by atoms with Gasteiger partial charge in [0.2, 0.25) is 5.60 Å². The molecule has 1 aromatic heterocycles. The van der Waals surface area contributed by atoms with Crippen LogP contribution in [-0.4, -0.2) is 65.0 Å². The van der Waals surface area contributed by atoms with E-state index in [4.69, 9.17) is 0 Å². The van der Waals surface area contributed by atoms with E-state index in [9.17, 15) is 31.9 Å². The molecule has 1 unspecified atom stereocenters. The highest BCUT2D eigenvalue weighted by atomic mass is 19.4. The van der Waals surface area contributed by atoms with Crippen molar-refractivity contribution in [3.63, 3.8) is 0 Å². The number of nitrogens with zero attached hydrogens (tertiary/aromatic N) is 3. The summed E-state index contributed by atoms with van der Waals surface area (Å²) in [4.78, 5) is 20.3. The van der Waals surface area contributed by atoms with Gasteiger partial charge < -0.3 is 15.7 Å². The van der Waals surface area contributed by atoms with Gasteiger partial charge in [0.15, 0.2) is 0 Å². The number of aliphatic hydroxyl groups is 1. The molecule has 1 aliphatic heterocycles. The van der Waals surface area contributed by atoms with Crippen molar-refractivity contribution in [1.29, 1.82) is 0 Å². The Morgan fingerprint density at radius 2 is 1.44 bits per heavy atom. The number of halogens is 5. The maximum Gasteiger partial charge on any atom is 0.424 e. The summed E-state index contributed by atoms with van der Waals surface area (Å²) in [5, 5.41) is 14.8. The van der Waals surface area contributed by atoms with E-state index in [1.807, 2.05) is 0 Å². The molecule has 0 radical (unpaired) electrons. The molecular weight excluding hydrogens is 521 g/mol. The number of alkyl halides is 4. The van der Waals surface area contributed by atoms with Crippen molar-refractivity contribution in [2.24, 2.45) is 0 Å². The Morgan fingerprint density at radius 3 is 1.97 bits per heavy atom. The average molecular weight is 550 g/mol. The number of anilines is 2. The number of amides is 2. The molecule has 39 heavy (non-hydrogen) atoms. The fourth-order valence-corrected chi connectivity index (χ4v) is 4.30. The molecule has 1 fully saturated rings. The molecule has 4 rings (SSSR count). The minimum Gasteiger partial charge on any atom is -0.374 e. The van der Waals surface area contributed by atoms with Gasteiger partial charge >= 0.3 is 12.2 Å². The number of urea groups is 1. The molecule has 12 heteroatoms. The molecule has 1 atom stereocenters. The predicted molar refractivity (Wildman–Crippen MR) is 136 cm³/mol. The lowest BCUT2D eigenvalue weighted by atomic mass is 9.93. The number of rotatable bonds is 8. The van der Waals surface area contributed by atoms with Crippen LogP contribution in [0.15, 0.2) is 67.0 Å². The van der Waals surface area contributed by atoms with E-state index in [0.29, 0.717) is 45.0 Å². The van der Waals surface area contributed by atoms with Gasteiger partial charge in [-0.05, 0) is 41.0 Å².